The number of carbonyl (C=O) groups is 1. The predicted molar refractivity (Wildman–Crippen MR) is 56.0 cm³/mol. The topological polar surface area (TPSA) is 20.3 Å². The maximum atomic E-state index is 13.3. The van der Waals surface area contributed by atoms with Crippen molar-refractivity contribution in [3.8, 4) is 0 Å². The maximum Gasteiger partial charge on any atom is 0.256 e. The van der Waals surface area contributed by atoms with Gasteiger partial charge in [0.2, 0.25) is 0 Å². The molecular weight excluding hydrogens is 212 g/mol. The number of amides is 1. The Labute approximate surface area is 92.9 Å². The van der Waals surface area contributed by atoms with E-state index in [4.69, 9.17) is 0 Å². The zero-order chi connectivity index (χ0) is 11.7. The molecule has 16 heavy (non-hydrogen) atoms. The summed E-state index contributed by atoms with van der Waals surface area (Å²) in [5.41, 5.74) is -0.192. The maximum absolute atomic E-state index is 13.3. The van der Waals surface area contributed by atoms with Crippen LogP contribution in [0.15, 0.2) is 18.2 Å². The van der Waals surface area contributed by atoms with Gasteiger partial charge in [-0.2, -0.15) is 0 Å². The molecule has 0 unspecified atom stereocenters. The van der Waals surface area contributed by atoms with E-state index in [1.807, 2.05) is 0 Å². The lowest BCUT2D eigenvalue weighted by Gasteiger charge is -2.17. The predicted octanol–water partition coefficient (Wildman–Crippen LogP) is 2.45. The third-order valence-corrected chi connectivity index (χ3v) is 2.76. The molecule has 1 fully saturated rings. The summed E-state index contributed by atoms with van der Waals surface area (Å²) in [6.07, 6.45) is 2.23. The summed E-state index contributed by atoms with van der Waals surface area (Å²) in [4.78, 5) is 13.3. The van der Waals surface area contributed by atoms with E-state index in [2.05, 4.69) is 0 Å². The van der Waals surface area contributed by atoms with Crippen molar-refractivity contribution in [1.82, 2.24) is 4.90 Å². The Morgan fingerprint density at radius 1 is 1.44 bits per heavy atom. The summed E-state index contributed by atoms with van der Waals surface area (Å²) in [6, 6.07) is 3.66. The monoisotopic (exact) mass is 225 g/mol. The molecule has 0 aromatic heterocycles. The third kappa shape index (κ3) is 2.21. The van der Waals surface area contributed by atoms with E-state index in [9.17, 15) is 13.6 Å². The Morgan fingerprint density at radius 3 is 2.75 bits per heavy atom. The summed E-state index contributed by atoms with van der Waals surface area (Å²) < 4.78 is 26.3. The number of carbonyl (C=O) groups excluding carboxylic acids is 1. The number of halogens is 2. The van der Waals surface area contributed by atoms with Gasteiger partial charge >= 0.3 is 0 Å². The largest absolute Gasteiger partial charge is 0.341 e. The van der Waals surface area contributed by atoms with Gasteiger partial charge in [-0.05, 0) is 30.9 Å². The molecule has 2 rings (SSSR count). The first-order valence-corrected chi connectivity index (χ1v) is 5.29. The average molecular weight is 225 g/mol. The first-order chi connectivity index (χ1) is 7.59. The van der Waals surface area contributed by atoms with Crippen LogP contribution in [0.5, 0.6) is 0 Å². The Morgan fingerprint density at radius 2 is 2.12 bits per heavy atom. The summed E-state index contributed by atoms with van der Waals surface area (Å²) in [5.74, 6) is -1.96. The van der Waals surface area contributed by atoms with Crippen LogP contribution in [-0.2, 0) is 0 Å². The van der Waals surface area contributed by atoms with Crippen LogP contribution in [0, 0.1) is 17.6 Å². The molecule has 4 heteroatoms. The van der Waals surface area contributed by atoms with Crippen molar-refractivity contribution in [2.24, 2.45) is 5.92 Å². The van der Waals surface area contributed by atoms with Crippen molar-refractivity contribution in [2.75, 3.05) is 13.6 Å². The van der Waals surface area contributed by atoms with Crippen LogP contribution < -0.4 is 0 Å². The molecule has 1 aromatic rings. The molecule has 0 spiro atoms. The normalized spacial score (nSPS) is 14.9. The lowest BCUT2D eigenvalue weighted by atomic mass is 10.1. The highest BCUT2D eigenvalue weighted by atomic mass is 19.2. The van der Waals surface area contributed by atoms with Crippen molar-refractivity contribution in [2.45, 2.75) is 12.8 Å². The van der Waals surface area contributed by atoms with Gasteiger partial charge in [0.25, 0.3) is 5.91 Å². The lowest BCUT2D eigenvalue weighted by molar-refractivity contribution is 0.0783. The van der Waals surface area contributed by atoms with Crippen LogP contribution in [0.3, 0.4) is 0 Å². The highest BCUT2D eigenvalue weighted by Gasteiger charge is 2.26. The van der Waals surface area contributed by atoms with Crippen molar-refractivity contribution in [3.05, 3.63) is 35.4 Å². The van der Waals surface area contributed by atoms with Crippen LogP contribution in [-0.4, -0.2) is 24.4 Å². The number of hydrogen-bond donors (Lipinski definition) is 0. The van der Waals surface area contributed by atoms with Gasteiger partial charge in [-0.15, -0.1) is 0 Å². The molecule has 1 amide bonds. The Kier molecular flexibility index (Phi) is 2.90. The minimum atomic E-state index is -1.06. The van der Waals surface area contributed by atoms with Gasteiger partial charge in [0, 0.05) is 13.6 Å². The van der Waals surface area contributed by atoms with Gasteiger partial charge in [-0.3, -0.25) is 4.79 Å². The van der Waals surface area contributed by atoms with Crippen LogP contribution in [0.25, 0.3) is 0 Å². The molecule has 1 aliphatic carbocycles. The van der Waals surface area contributed by atoms with Gasteiger partial charge in [-0.1, -0.05) is 6.07 Å². The van der Waals surface area contributed by atoms with E-state index >= 15 is 0 Å². The fraction of sp³-hybridized carbons (Fsp3) is 0.417. The van der Waals surface area contributed by atoms with E-state index < -0.39 is 17.5 Å². The van der Waals surface area contributed by atoms with Crippen molar-refractivity contribution in [3.63, 3.8) is 0 Å². The number of rotatable bonds is 3. The zero-order valence-corrected chi connectivity index (χ0v) is 9.04. The van der Waals surface area contributed by atoms with Gasteiger partial charge in [0.05, 0.1) is 5.56 Å². The Bertz CT molecular complexity index is 415. The number of nitrogens with zero attached hydrogens (tertiary/aromatic N) is 1. The van der Waals surface area contributed by atoms with Crippen LogP contribution in [0.1, 0.15) is 23.2 Å². The lowest BCUT2D eigenvalue weighted by Crippen LogP contribution is -2.29. The molecule has 2 nitrogen and oxygen atoms in total. The first kappa shape index (κ1) is 11.0. The first-order valence-electron chi connectivity index (χ1n) is 5.29. The van der Waals surface area contributed by atoms with E-state index in [1.54, 1.807) is 7.05 Å². The van der Waals surface area contributed by atoms with Crippen molar-refractivity contribution in [1.29, 1.82) is 0 Å². The third-order valence-electron chi connectivity index (χ3n) is 2.76. The van der Waals surface area contributed by atoms with E-state index in [-0.39, 0.29) is 5.56 Å². The second-order valence-corrected chi connectivity index (χ2v) is 4.23. The molecule has 0 bridgehead atoms. The Balaban J connectivity index is 2.15. The molecule has 1 aromatic carbocycles. The summed E-state index contributed by atoms with van der Waals surface area (Å²) in [7, 11) is 1.62. The van der Waals surface area contributed by atoms with Gasteiger partial charge < -0.3 is 4.90 Å². The molecule has 1 saturated carbocycles. The molecule has 0 radical (unpaired) electrons. The summed E-state index contributed by atoms with van der Waals surface area (Å²) >= 11 is 0. The quantitative estimate of drug-likeness (QED) is 0.773. The second kappa shape index (κ2) is 4.20. The van der Waals surface area contributed by atoms with Gasteiger partial charge in [0.1, 0.15) is 0 Å². The highest BCUT2D eigenvalue weighted by molar-refractivity contribution is 5.94. The van der Waals surface area contributed by atoms with Crippen LogP contribution >= 0.6 is 0 Å². The second-order valence-electron chi connectivity index (χ2n) is 4.23. The minimum absolute atomic E-state index is 0.192. The molecule has 0 aliphatic heterocycles. The smallest absolute Gasteiger partial charge is 0.256 e. The van der Waals surface area contributed by atoms with E-state index in [0.717, 1.165) is 18.9 Å². The fourth-order valence-corrected chi connectivity index (χ4v) is 1.65. The summed E-state index contributed by atoms with van der Waals surface area (Å²) in [6.45, 7) is 0.620. The van der Waals surface area contributed by atoms with Crippen LogP contribution in [0.4, 0.5) is 8.78 Å². The standard InChI is InChI=1S/C12H13F2NO/c1-15(7-8-5-6-8)12(16)9-3-2-4-10(13)11(9)14/h2-4,8H,5-7H2,1H3. The van der Waals surface area contributed by atoms with Gasteiger partial charge in [-0.25, -0.2) is 8.78 Å². The van der Waals surface area contributed by atoms with Crippen molar-refractivity contribution < 1.29 is 13.6 Å². The number of benzene rings is 1. The number of hydrogen-bond acceptors (Lipinski definition) is 1. The SMILES string of the molecule is CN(CC1CC1)C(=O)c1cccc(F)c1F. The molecule has 0 atom stereocenters. The van der Waals surface area contributed by atoms with E-state index in [1.165, 1.54) is 17.0 Å². The Hall–Kier alpha value is -1.45. The van der Waals surface area contributed by atoms with Crippen LogP contribution in [0.2, 0.25) is 0 Å². The zero-order valence-electron chi connectivity index (χ0n) is 9.04. The fourth-order valence-electron chi connectivity index (χ4n) is 1.65. The minimum Gasteiger partial charge on any atom is -0.341 e. The molecule has 1 aliphatic rings. The molecule has 0 N–H and O–H groups in total. The van der Waals surface area contributed by atoms with Gasteiger partial charge in [0.15, 0.2) is 11.6 Å². The molecular formula is C12H13F2NO. The molecule has 0 saturated heterocycles. The molecule has 86 valence electrons. The summed E-state index contributed by atoms with van der Waals surface area (Å²) in [5, 5.41) is 0. The highest BCUT2D eigenvalue weighted by Crippen LogP contribution is 2.29. The molecule has 0 heterocycles. The average Bonchev–Trinajstić information content (AvgIpc) is 3.05. The van der Waals surface area contributed by atoms with E-state index in [0.29, 0.717) is 12.5 Å². The van der Waals surface area contributed by atoms with Crippen molar-refractivity contribution >= 4 is 5.91 Å².